The van der Waals surface area contributed by atoms with Crippen molar-refractivity contribution in [2.45, 2.75) is 0 Å². The number of anilines is 1. The molecule has 0 atom stereocenters. The fourth-order valence-electron chi connectivity index (χ4n) is 2.83. The maximum Gasteiger partial charge on any atom is 0.343 e. The summed E-state index contributed by atoms with van der Waals surface area (Å²) in [6, 6.07) is 23.5. The van der Waals surface area contributed by atoms with Crippen molar-refractivity contribution in [3.05, 3.63) is 98.5 Å². The monoisotopic (exact) mass is 543 g/mol. The van der Waals surface area contributed by atoms with Crippen LogP contribution in [0.15, 0.2) is 83.8 Å². The van der Waals surface area contributed by atoms with Crippen LogP contribution < -0.4 is 9.64 Å². The van der Waals surface area contributed by atoms with Crippen LogP contribution >= 0.6 is 46.6 Å². The minimum atomic E-state index is -0.412. The average molecular weight is 543 g/mol. The number of amides is 1. The Bertz CT molecular complexity index is 1160. The normalized spacial score (nSPS) is 15.0. The number of carbonyl (C=O) groups excluding carboxylic acids is 2. The number of esters is 1. The fourth-order valence-corrected chi connectivity index (χ4v) is 4.67. The first-order valence-corrected chi connectivity index (χ1v) is 11.2. The van der Waals surface area contributed by atoms with Gasteiger partial charge in [0, 0.05) is 3.57 Å². The highest BCUT2D eigenvalue weighted by Gasteiger charge is 2.33. The molecule has 1 amide bonds. The third-order valence-electron chi connectivity index (χ3n) is 4.26. The zero-order valence-electron chi connectivity index (χ0n) is 15.4. The van der Waals surface area contributed by atoms with E-state index < -0.39 is 5.97 Å². The van der Waals surface area contributed by atoms with Gasteiger partial charge in [0.05, 0.1) is 16.2 Å². The molecular formula is C23H14INO3S2. The van der Waals surface area contributed by atoms with E-state index in [1.54, 1.807) is 42.5 Å². The van der Waals surface area contributed by atoms with Gasteiger partial charge in [-0.15, -0.1) is 0 Å². The minimum Gasteiger partial charge on any atom is -0.423 e. The molecule has 4 nitrogen and oxygen atoms in total. The van der Waals surface area contributed by atoms with E-state index >= 15 is 0 Å². The van der Waals surface area contributed by atoms with Gasteiger partial charge in [0.2, 0.25) is 0 Å². The summed E-state index contributed by atoms with van der Waals surface area (Å²) in [7, 11) is 0. The third kappa shape index (κ3) is 4.63. The van der Waals surface area contributed by atoms with Gasteiger partial charge in [-0.1, -0.05) is 60.4 Å². The molecule has 3 aromatic carbocycles. The molecule has 1 fully saturated rings. The van der Waals surface area contributed by atoms with Crippen LogP contribution in [-0.4, -0.2) is 16.2 Å². The molecule has 3 aromatic rings. The molecule has 0 radical (unpaired) electrons. The van der Waals surface area contributed by atoms with Gasteiger partial charge in [-0.05, 0) is 76.7 Å². The number of hydrogen-bond acceptors (Lipinski definition) is 5. The van der Waals surface area contributed by atoms with E-state index in [0.717, 1.165) is 14.8 Å². The summed E-state index contributed by atoms with van der Waals surface area (Å²) in [5, 5.41) is 0. The van der Waals surface area contributed by atoms with Crippen LogP contribution in [0.5, 0.6) is 5.75 Å². The van der Waals surface area contributed by atoms with Crippen molar-refractivity contribution in [2.24, 2.45) is 0 Å². The lowest BCUT2D eigenvalue weighted by Gasteiger charge is -2.13. The number of ether oxygens (including phenoxy) is 1. The summed E-state index contributed by atoms with van der Waals surface area (Å²) < 4.78 is 6.89. The van der Waals surface area contributed by atoms with E-state index in [1.165, 1.54) is 16.7 Å². The molecule has 1 aliphatic heterocycles. The Morgan fingerprint density at radius 1 is 1.00 bits per heavy atom. The summed E-state index contributed by atoms with van der Waals surface area (Å²) >= 11 is 8.80. The van der Waals surface area contributed by atoms with Crippen molar-refractivity contribution in [1.29, 1.82) is 0 Å². The third-order valence-corrected chi connectivity index (χ3v) is 6.23. The summed E-state index contributed by atoms with van der Waals surface area (Å²) in [4.78, 5) is 27.2. The topological polar surface area (TPSA) is 46.6 Å². The molecule has 1 aliphatic rings. The predicted octanol–water partition coefficient (Wildman–Crippen LogP) is 5.92. The molecule has 0 spiro atoms. The molecule has 1 heterocycles. The first-order valence-electron chi connectivity index (χ1n) is 8.92. The smallest absolute Gasteiger partial charge is 0.343 e. The summed E-state index contributed by atoms with van der Waals surface area (Å²) in [6.45, 7) is 0. The second-order valence-electron chi connectivity index (χ2n) is 6.32. The van der Waals surface area contributed by atoms with Crippen molar-refractivity contribution in [2.75, 3.05) is 4.90 Å². The van der Waals surface area contributed by atoms with Crippen LogP contribution in [0.1, 0.15) is 15.9 Å². The van der Waals surface area contributed by atoms with Gasteiger partial charge in [-0.2, -0.15) is 0 Å². The fraction of sp³-hybridized carbons (Fsp3) is 0. The van der Waals surface area contributed by atoms with Gasteiger partial charge in [0.15, 0.2) is 4.32 Å². The van der Waals surface area contributed by atoms with Gasteiger partial charge < -0.3 is 4.74 Å². The Morgan fingerprint density at radius 2 is 1.73 bits per heavy atom. The van der Waals surface area contributed by atoms with Crippen molar-refractivity contribution >= 4 is 74.5 Å². The lowest BCUT2D eigenvalue weighted by molar-refractivity contribution is -0.113. The quantitative estimate of drug-likeness (QED) is 0.135. The van der Waals surface area contributed by atoms with Gasteiger partial charge in [-0.3, -0.25) is 9.69 Å². The molecule has 0 N–H and O–H groups in total. The van der Waals surface area contributed by atoms with E-state index in [-0.39, 0.29) is 5.91 Å². The van der Waals surface area contributed by atoms with E-state index in [2.05, 4.69) is 22.6 Å². The van der Waals surface area contributed by atoms with Crippen LogP contribution in [0.25, 0.3) is 6.08 Å². The summed E-state index contributed by atoms with van der Waals surface area (Å²) in [6.07, 6.45) is 1.79. The Balaban J connectivity index is 1.48. The number of hydrogen-bond donors (Lipinski definition) is 0. The highest BCUT2D eigenvalue weighted by Crippen LogP contribution is 2.36. The molecule has 1 saturated heterocycles. The Kier molecular flexibility index (Phi) is 6.31. The molecule has 0 aliphatic carbocycles. The molecule has 0 aromatic heterocycles. The number of benzene rings is 3. The van der Waals surface area contributed by atoms with Crippen LogP contribution in [0, 0.1) is 3.57 Å². The van der Waals surface area contributed by atoms with Crippen molar-refractivity contribution < 1.29 is 14.3 Å². The van der Waals surface area contributed by atoms with Crippen LogP contribution in [0.2, 0.25) is 0 Å². The second kappa shape index (κ2) is 9.11. The van der Waals surface area contributed by atoms with Crippen molar-refractivity contribution in [3.63, 3.8) is 0 Å². The van der Waals surface area contributed by atoms with E-state index in [9.17, 15) is 9.59 Å². The molecule has 7 heteroatoms. The largest absolute Gasteiger partial charge is 0.423 e. The molecule has 0 saturated carbocycles. The summed E-state index contributed by atoms with van der Waals surface area (Å²) in [5.41, 5.74) is 2.06. The zero-order valence-corrected chi connectivity index (χ0v) is 19.2. The number of rotatable bonds is 4. The highest BCUT2D eigenvalue weighted by atomic mass is 127. The van der Waals surface area contributed by atoms with Crippen molar-refractivity contribution in [3.8, 4) is 5.75 Å². The molecule has 0 unspecified atom stereocenters. The van der Waals surface area contributed by atoms with Crippen molar-refractivity contribution in [1.82, 2.24) is 0 Å². The Morgan fingerprint density at radius 3 is 2.43 bits per heavy atom. The first kappa shape index (κ1) is 20.8. The van der Waals surface area contributed by atoms with Gasteiger partial charge in [0.1, 0.15) is 5.75 Å². The van der Waals surface area contributed by atoms with Crippen LogP contribution in [0.4, 0.5) is 5.69 Å². The van der Waals surface area contributed by atoms with Crippen LogP contribution in [-0.2, 0) is 4.79 Å². The maximum absolute atomic E-state index is 12.8. The maximum atomic E-state index is 12.8. The SMILES string of the molecule is O=C(Oc1ccc(C=C2SC(=S)N(c3ccccc3)C2=O)cc1)c1cccc(I)c1. The molecule has 148 valence electrons. The predicted molar refractivity (Wildman–Crippen MR) is 133 cm³/mol. The van der Waals surface area contributed by atoms with E-state index in [1.807, 2.05) is 42.5 Å². The average Bonchev–Trinajstić information content (AvgIpc) is 3.03. The number of para-hydroxylation sites is 1. The van der Waals surface area contributed by atoms with Gasteiger partial charge >= 0.3 is 5.97 Å². The zero-order chi connectivity index (χ0) is 21.1. The lowest BCUT2D eigenvalue weighted by atomic mass is 10.2. The molecule has 0 bridgehead atoms. The number of nitrogens with zero attached hydrogens (tertiary/aromatic N) is 1. The Hall–Kier alpha value is -2.49. The second-order valence-corrected chi connectivity index (χ2v) is 9.24. The van der Waals surface area contributed by atoms with Gasteiger partial charge in [0.25, 0.3) is 5.91 Å². The number of carbonyl (C=O) groups is 2. The molecule has 4 rings (SSSR count). The number of halogens is 1. The Labute approximate surface area is 197 Å². The minimum absolute atomic E-state index is 0.148. The van der Waals surface area contributed by atoms with Gasteiger partial charge in [-0.25, -0.2) is 4.79 Å². The molecular weight excluding hydrogens is 529 g/mol. The van der Waals surface area contributed by atoms with Crippen LogP contribution in [0.3, 0.4) is 0 Å². The standard InChI is InChI=1S/C23H14INO3S2/c24-17-6-4-5-16(14-17)22(27)28-19-11-9-15(10-12-19)13-20-21(26)25(23(29)30-20)18-7-2-1-3-8-18/h1-14H. The molecule has 30 heavy (non-hydrogen) atoms. The van der Waals surface area contributed by atoms with E-state index in [0.29, 0.717) is 20.5 Å². The number of thiocarbonyl (C=S) groups is 1. The first-order chi connectivity index (χ1) is 14.5. The highest BCUT2D eigenvalue weighted by molar-refractivity contribution is 14.1. The summed E-state index contributed by atoms with van der Waals surface area (Å²) in [5.74, 6) is -0.122. The lowest BCUT2D eigenvalue weighted by Crippen LogP contribution is -2.27. The van der Waals surface area contributed by atoms with E-state index in [4.69, 9.17) is 17.0 Å². The number of thioether (sulfide) groups is 1.